The van der Waals surface area contributed by atoms with Crippen molar-refractivity contribution in [3.8, 4) is 11.5 Å². The number of aryl methyl sites for hydroxylation is 1. The van der Waals surface area contributed by atoms with E-state index < -0.39 is 21.7 Å². The molecule has 3 rings (SSSR count). The maximum Gasteiger partial charge on any atom is 0.262 e. The fourth-order valence-electron chi connectivity index (χ4n) is 2.99. The van der Waals surface area contributed by atoms with Gasteiger partial charge >= 0.3 is 0 Å². The van der Waals surface area contributed by atoms with Crippen LogP contribution in [-0.4, -0.2) is 28.0 Å². The van der Waals surface area contributed by atoms with Gasteiger partial charge in [0.15, 0.2) is 11.5 Å². The number of benzene rings is 3. The molecule has 172 valence electrons. The van der Waals surface area contributed by atoms with Gasteiger partial charge in [-0.1, -0.05) is 30.9 Å². The van der Waals surface area contributed by atoms with Crippen LogP contribution in [0.4, 0.5) is 15.8 Å². The average molecular weight is 471 g/mol. The number of amides is 1. The fraction of sp³-hybridized carbons (Fsp3) is 0.125. The smallest absolute Gasteiger partial charge is 0.262 e. The largest absolute Gasteiger partial charge is 0.493 e. The molecule has 9 heteroatoms. The number of carbonyl (C=O) groups is 1. The van der Waals surface area contributed by atoms with Crippen LogP contribution in [0.3, 0.4) is 0 Å². The van der Waals surface area contributed by atoms with Gasteiger partial charge in [-0.3, -0.25) is 9.52 Å². The van der Waals surface area contributed by atoms with Gasteiger partial charge < -0.3 is 14.8 Å². The number of sulfonamides is 1. The van der Waals surface area contributed by atoms with E-state index in [1.54, 1.807) is 37.3 Å². The second-order valence-electron chi connectivity index (χ2n) is 6.99. The van der Waals surface area contributed by atoms with Gasteiger partial charge in [-0.2, -0.15) is 0 Å². The second-order valence-corrected chi connectivity index (χ2v) is 8.64. The van der Waals surface area contributed by atoms with E-state index in [1.165, 1.54) is 37.4 Å². The minimum absolute atomic E-state index is 0.0886. The third-order valence-electron chi connectivity index (χ3n) is 4.64. The van der Waals surface area contributed by atoms with Crippen LogP contribution in [0.15, 0.2) is 78.2 Å². The first-order valence-electron chi connectivity index (χ1n) is 9.86. The van der Waals surface area contributed by atoms with Gasteiger partial charge in [0, 0.05) is 11.3 Å². The minimum Gasteiger partial charge on any atom is -0.493 e. The number of nitrogens with one attached hydrogen (secondary N) is 2. The van der Waals surface area contributed by atoms with Crippen molar-refractivity contribution in [2.24, 2.45) is 0 Å². The number of ether oxygens (including phenoxy) is 2. The summed E-state index contributed by atoms with van der Waals surface area (Å²) in [5.74, 6) is -0.349. The highest BCUT2D eigenvalue weighted by Crippen LogP contribution is 2.29. The molecular formula is C24H23FN2O5S. The second kappa shape index (κ2) is 10.2. The van der Waals surface area contributed by atoms with Gasteiger partial charge in [0.2, 0.25) is 0 Å². The Bertz CT molecular complexity index is 1290. The van der Waals surface area contributed by atoms with Crippen LogP contribution in [0.1, 0.15) is 15.9 Å². The monoisotopic (exact) mass is 470 g/mol. The molecule has 0 unspecified atom stereocenters. The number of rotatable bonds is 9. The molecule has 0 heterocycles. The summed E-state index contributed by atoms with van der Waals surface area (Å²) in [6.07, 6.45) is 1.59. The molecule has 0 saturated carbocycles. The van der Waals surface area contributed by atoms with Crippen LogP contribution in [0.25, 0.3) is 0 Å². The molecule has 7 nitrogen and oxygen atoms in total. The molecule has 0 aliphatic rings. The van der Waals surface area contributed by atoms with E-state index in [2.05, 4.69) is 16.6 Å². The van der Waals surface area contributed by atoms with Crippen LogP contribution >= 0.6 is 0 Å². The van der Waals surface area contributed by atoms with Gasteiger partial charge in [0.25, 0.3) is 15.9 Å². The van der Waals surface area contributed by atoms with Crippen LogP contribution < -0.4 is 19.5 Å². The molecule has 0 atom stereocenters. The summed E-state index contributed by atoms with van der Waals surface area (Å²) in [5.41, 5.74) is 0.803. The molecule has 0 aliphatic carbocycles. The van der Waals surface area contributed by atoms with E-state index in [-0.39, 0.29) is 28.4 Å². The lowest BCUT2D eigenvalue weighted by Crippen LogP contribution is -2.17. The number of methoxy groups -OCH3 is 1. The maximum absolute atomic E-state index is 13.9. The zero-order valence-corrected chi connectivity index (χ0v) is 18.9. The molecule has 0 spiro atoms. The van der Waals surface area contributed by atoms with Crippen molar-refractivity contribution in [1.29, 1.82) is 0 Å². The quantitative estimate of drug-likeness (QED) is 0.440. The highest BCUT2D eigenvalue weighted by atomic mass is 32.2. The van der Waals surface area contributed by atoms with Crippen molar-refractivity contribution in [2.75, 3.05) is 23.8 Å². The summed E-state index contributed by atoms with van der Waals surface area (Å²) < 4.78 is 52.6. The van der Waals surface area contributed by atoms with Gasteiger partial charge in [-0.15, -0.1) is 0 Å². The lowest BCUT2D eigenvalue weighted by molar-refractivity contribution is 0.102. The number of hydrogen-bond acceptors (Lipinski definition) is 5. The summed E-state index contributed by atoms with van der Waals surface area (Å²) in [5, 5.41) is 2.67. The van der Waals surface area contributed by atoms with E-state index in [1.807, 2.05) is 0 Å². The predicted molar refractivity (Wildman–Crippen MR) is 125 cm³/mol. The van der Waals surface area contributed by atoms with E-state index >= 15 is 0 Å². The van der Waals surface area contributed by atoms with E-state index in [0.717, 1.165) is 6.07 Å². The lowest BCUT2D eigenvalue weighted by Gasteiger charge is -2.14. The van der Waals surface area contributed by atoms with E-state index in [9.17, 15) is 17.6 Å². The molecule has 33 heavy (non-hydrogen) atoms. The number of halogens is 1. The Labute approximate surface area is 191 Å². The summed E-state index contributed by atoms with van der Waals surface area (Å²) in [7, 11) is -2.64. The molecule has 2 N–H and O–H groups in total. The zero-order valence-electron chi connectivity index (χ0n) is 18.1. The Hall–Kier alpha value is -3.85. The summed E-state index contributed by atoms with van der Waals surface area (Å²) in [6.45, 7) is 5.47. The Kier molecular flexibility index (Phi) is 7.34. The van der Waals surface area contributed by atoms with Crippen molar-refractivity contribution in [1.82, 2.24) is 0 Å². The maximum atomic E-state index is 13.9. The Morgan fingerprint density at radius 3 is 2.55 bits per heavy atom. The Morgan fingerprint density at radius 1 is 1.09 bits per heavy atom. The third kappa shape index (κ3) is 5.69. The molecular weight excluding hydrogens is 447 g/mol. The van der Waals surface area contributed by atoms with Crippen molar-refractivity contribution in [3.05, 3.63) is 90.3 Å². The van der Waals surface area contributed by atoms with Crippen molar-refractivity contribution >= 4 is 27.3 Å². The standard InChI is InChI=1S/C24H23FN2O5S/c1-4-13-32-21-12-10-17(14-22(21)31-3)24(28)26-18-11-9-16(2)23(15-18)33(29,30)27-20-8-6-5-7-19(20)25/h4-12,14-15,27H,1,13H2,2-3H3,(H,26,28). The van der Waals surface area contributed by atoms with Gasteiger partial charge in [0.05, 0.1) is 17.7 Å². The average Bonchev–Trinajstić information content (AvgIpc) is 2.80. The van der Waals surface area contributed by atoms with E-state index in [4.69, 9.17) is 9.47 Å². The van der Waals surface area contributed by atoms with Crippen molar-refractivity contribution in [2.45, 2.75) is 11.8 Å². The number of carbonyl (C=O) groups excluding carboxylic acids is 1. The molecule has 0 aliphatic heterocycles. The molecule has 0 saturated heterocycles. The predicted octanol–water partition coefficient (Wildman–Crippen LogP) is 4.76. The highest BCUT2D eigenvalue weighted by Gasteiger charge is 2.20. The van der Waals surface area contributed by atoms with Crippen LogP contribution in [0.5, 0.6) is 11.5 Å². The van der Waals surface area contributed by atoms with Gasteiger partial charge in [0.1, 0.15) is 12.4 Å². The highest BCUT2D eigenvalue weighted by molar-refractivity contribution is 7.92. The number of para-hydroxylation sites is 1. The fourth-order valence-corrected chi connectivity index (χ4v) is 4.33. The summed E-state index contributed by atoms with van der Waals surface area (Å²) in [4.78, 5) is 12.7. The van der Waals surface area contributed by atoms with Crippen LogP contribution in [0, 0.1) is 12.7 Å². The first-order chi connectivity index (χ1) is 15.7. The Balaban J connectivity index is 1.84. The normalized spacial score (nSPS) is 10.9. The number of hydrogen-bond donors (Lipinski definition) is 2. The molecule has 0 aromatic heterocycles. The van der Waals surface area contributed by atoms with Crippen molar-refractivity contribution in [3.63, 3.8) is 0 Å². The molecule has 3 aromatic carbocycles. The SMILES string of the molecule is C=CCOc1ccc(C(=O)Nc2ccc(C)c(S(=O)(=O)Nc3ccccc3F)c2)cc1OC. The Morgan fingerprint density at radius 2 is 1.85 bits per heavy atom. The third-order valence-corrected chi connectivity index (χ3v) is 6.14. The van der Waals surface area contributed by atoms with Crippen LogP contribution in [0.2, 0.25) is 0 Å². The molecule has 0 radical (unpaired) electrons. The van der Waals surface area contributed by atoms with Gasteiger partial charge in [-0.25, -0.2) is 12.8 Å². The minimum atomic E-state index is -4.10. The first kappa shape index (κ1) is 23.8. The van der Waals surface area contributed by atoms with Gasteiger partial charge in [-0.05, 0) is 55.0 Å². The first-order valence-corrected chi connectivity index (χ1v) is 11.3. The summed E-state index contributed by atoms with van der Waals surface area (Å²) >= 11 is 0. The molecule has 0 fully saturated rings. The van der Waals surface area contributed by atoms with E-state index in [0.29, 0.717) is 17.1 Å². The molecule has 3 aromatic rings. The molecule has 0 bridgehead atoms. The summed E-state index contributed by atoms with van der Waals surface area (Å²) in [6, 6.07) is 14.6. The molecule has 1 amide bonds. The number of anilines is 2. The lowest BCUT2D eigenvalue weighted by atomic mass is 10.1. The van der Waals surface area contributed by atoms with Crippen LogP contribution in [-0.2, 0) is 10.0 Å². The zero-order chi connectivity index (χ0) is 24.0. The topological polar surface area (TPSA) is 93.7 Å². The van der Waals surface area contributed by atoms with Crippen molar-refractivity contribution < 1.29 is 27.1 Å².